The summed E-state index contributed by atoms with van der Waals surface area (Å²) in [5.41, 5.74) is 12.6. The predicted octanol–water partition coefficient (Wildman–Crippen LogP) is 7.54. The second-order valence-corrected chi connectivity index (χ2v) is 8.57. The second kappa shape index (κ2) is 5.62. The van der Waals surface area contributed by atoms with E-state index in [2.05, 4.69) is 103 Å². The minimum absolute atomic E-state index is 0.319. The molecule has 0 aromatic heterocycles. The Labute approximate surface area is 180 Å². The average molecular weight is 401 g/mol. The van der Waals surface area contributed by atoms with Gasteiger partial charge in [-0.05, 0) is 50.1 Å². The molecule has 0 nitrogen and oxygen atoms in total. The third-order valence-electron chi connectivity index (χ3n) is 6.92. The maximum Gasteiger partial charge on any atom is 0.0746 e. The summed E-state index contributed by atoms with van der Waals surface area (Å²) >= 11 is 7.14. The van der Waals surface area contributed by atoms with E-state index in [-0.39, 0.29) is 5.41 Å². The summed E-state index contributed by atoms with van der Waals surface area (Å²) in [6.45, 7) is 0. The number of halogens is 1. The van der Waals surface area contributed by atoms with Gasteiger partial charge in [0.25, 0.3) is 0 Å². The van der Waals surface area contributed by atoms with E-state index in [0.717, 1.165) is 10.6 Å². The number of benzene rings is 4. The number of rotatable bonds is 1. The van der Waals surface area contributed by atoms with Crippen molar-refractivity contribution in [2.45, 2.75) is 5.41 Å². The largest absolute Gasteiger partial charge is 0.0833 e. The van der Waals surface area contributed by atoms with Crippen LogP contribution in [0.15, 0.2) is 109 Å². The van der Waals surface area contributed by atoms with Gasteiger partial charge in [0.1, 0.15) is 0 Å². The van der Waals surface area contributed by atoms with Gasteiger partial charge in [-0.15, -0.1) is 0 Å². The summed E-state index contributed by atoms with van der Waals surface area (Å²) in [5.74, 6) is 0. The summed E-state index contributed by atoms with van der Waals surface area (Å²) in [7, 11) is 0. The molecule has 7 rings (SSSR count). The van der Waals surface area contributed by atoms with Crippen LogP contribution in [-0.4, -0.2) is 0 Å². The van der Waals surface area contributed by atoms with Crippen molar-refractivity contribution in [1.82, 2.24) is 0 Å². The van der Waals surface area contributed by atoms with E-state index in [4.69, 9.17) is 11.6 Å². The molecule has 0 saturated heterocycles. The SMILES string of the molecule is ClC1=C2C(=C(c3ccccc3)C23c2ccccc2-c2ccccc23)c2ccccc21. The Bertz CT molecular complexity index is 1390. The second-order valence-electron chi connectivity index (χ2n) is 8.19. The van der Waals surface area contributed by atoms with E-state index >= 15 is 0 Å². The highest BCUT2D eigenvalue weighted by atomic mass is 35.5. The van der Waals surface area contributed by atoms with Gasteiger partial charge in [0.2, 0.25) is 0 Å². The lowest BCUT2D eigenvalue weighted by molar-refractivity contribution is 0.805. The van der Waals surface area contributed by atoms with Crippen molar-refractivity contribution < 1.29 is 0 Å². The summed E-state index contributed by atoms with van der Waals surface area (Å²) < 4.78 is 0. The summed E-state index contributed by atoms with van der Waals surface area (Å²) in [4.78, 5) is 0. The average Bonchev–Trinajstić information content (AvgIpc) is 3.23. The highest BCUT2D eigenvalue weighted by Gasteiger charge is 2.60. The van der Waals surface area contributed by atoms with Crippen LogP contribution in [0.5, 0.6) is 0 Å². The fourth-order valence-electron chi connectivity index (χ4n) is 5.87. The molecule has 0 heterocycles. The van der Waals surface area contributed by atoms with Crippen LogP contribution in [0.1, 0.15) is 27.8 Å². The Hall–Kier alpha value is -3.35. The van der Waals surface area contributed by atoms with E-state index < -0.39 is 0 Å². The van der Waals surface area contributed by atoms with Crippen LogP contribution < -0.4 is 0 Å². The third-order valence-corrected chi connectivity index (χ3v) is 7.31. The summed E-state index contributed by atoms with van der Waals surface area (Å²) in [6, 6.07) is 37.0. The Balaban J connectivity index is 1.70. The molecule has 0 saturated carbocycles. The topological polar surface area (TPSA) is 0 Å². The molecule has 0 fully saturated rings. The first-order valence-corrected chi connectivity index (χ1v) is 10.7. The summed E-state index contributed by atoms with van der Waals surface area (Å²) in [5, 5.41) is 0.895. The first-order chi connectivity index (χ1) is 14.8. The molecule has 1 spiro atoms. The number of hydrogen-bond donors (Lipinski definition) is 0. The fourth-order valence-corrected chi connectivity index (χ4v) is 6.27. The molecular weight excluding hydrogens is 384 g/mol. The van der Waals surface area contributed by atoms with E-state index in [0.29, 0.717) is 0 Å². The van der Waals surface area contributed by atoms with Gasteiger partial charge in [0, 0.05) is 5.56 Å². The van der Waals surface area contributed by atoms with Crippen molar-refractivity contribution in [2.75, 3.05) is 0 Å². The molecule has 30 heavy (non-hydrogen) atoms. The minimum Gasteiger partial charge on any atom is -0.0833 e. The zero-order valence-electron chi connectivity index (χ0n) is 16.2. The standard InChI is InChI=1S/C29H17Cl/c30-28-22-15-5-4-14-21(22)25-26(18-10-2-1-3-11-18)29(27(25)28)23-16-8-6-12-19(23)20-13-7-9-17-24(20)29/h1-17H. The van der Waals surface area contributed by atoms with Gasteiger partial charge in [0.05, 0.1) is 10.4 Å². The Morgan fingerprint density at radius 2 is 0.967 bits per heavy atom. The molecular formula is C29H17Cl. The highest BCUT2D eigenvalue weighted by molar-refractivity contribution is 6.54. The van der Waals surface area contributed by atoms with Crippen LogP contribution in [0.2, 0.25) is 0 Å². The van der Waals surface area contributed by atoms with E-state index in [1.165, 1.54) is 50.1 Å². The predicted molar refractivity (Wildman–Crippen MR) is 125 cm³/mol. The van der Waals surface area contributed by atoms with Crippen molar-refractivity contribution in [1.29, 1.82) is 0 Å². The lowest BCUT2D eigenvalue weighted by Crippen LogP contribution is -2.38. The molecule has 0 radical (unpaired) electrons. The van der Waals surface area contributed by atoms with E-state index in [9.17, 15) is 0 Å². The van der Waals surface area contributed by atoms with Gasteiger partial charge in [0.15, 0.2) is 0 Å². The molecule has 0 amide bonds. The first kappa shape index (κ1) is 16.4. The molecule has 0 atom stereocenters. The van der Waals surface area contributed by atoms with E-state index in [1.807, 2.05) is 0 Å². The maximum atomic E-state index is 7.14. The molecule has 0 bridgehead atoms. The molecule has 4 aromatic rings. The van der Waals surface area contributed by atoms with Crippen LogP contribution in [0.3, 0.4) is 0 Å². The van der Waals surface area contributed by atoms with Gasteiger partial charge >= 0.3 is 0 Å². The maximum absolute atomic E-state index is 7.14. The van der Waals surface area contributed by atoms with Gasteiger partial charge < -0.3 is 0 Å². The third kappa shape index (κ3) is 1.72. The van der Waals surface area contributed by atoms with Gasteiger partial charge in [-0.25, -0.2) is 0 Å². The lowest BCUT2D eigenvalue weighted by atomic mass is 9.54. The van der Waals surface area contributed by atoms with Crippen molar-refractivity contribution in [3.05, 3.63) is 137 Å². The molecule has 1 heteroatoms. The molecule has 3 aliphatic rings. The van der Waals surface area contributed by atoms with Crippen LogP contribution in [-0.2, 0) is 5.41 Å². The number of allylic oxidation sites excluding steroid dienone is 3. The van der Waals surface area contributed by atoms with Crippen LogP contribution in [0, 0.1) is 0 Å². The smallest absolute Gasteiger partial charge is 0.0746 e. The van der Waals surface area contributed by atoms with Gasteiger partial charge in [-0.1, -0.05) is 115 Å². The first-order valence-electron chi connectivity index (χ1n) is 10.3. The van der Waals surface area contributed by atoms with Crippen molar-refractivity contribution >= 4 is 27.8 Å². The van der Waals surface area contributed by atoms with E-state index in [1.54, 1.807) is 0 Å². The molecule has 0 unspecified atom stereocenters. The highest BCUT2D eigenvalue weighted by Crippen LogP contribution is 2.73. The molecule has 3 aliphatic carbocycles. The Morgan fingerprint density at radius 3 is 1.60 bits per heavy atom. The molecule has 4 aromatic carbocycles. The zero-order chi connectivity index (χ0) is 19.9. The Morgan fingerprint density at radius 1 is 0.467 bits per heavy atom. The van der Waals surface area contributed by atoms with Gasteiger partial charge in [-0.2, -0.15) is 0 Å². The zero-order valence-corrected chi connectivity index (χ0v) is 16.9. The summed E-state index contributed by atoms with van der Waals surface area (Å²) in [6.07, 6.45) is 0. The van der Waals surface area contributed by atoms with Crippen LogP contribution in [0.25, 0.3) is 27.3 Å². The van der Waals surface area contributed by atoms with Crippen molar-refractivity contribution in [3.8, 4) is 11.1 Å². The minimum atomic E-state index is -0.319. The molecule has 0 N–H and O–H groups in total. The van der Waals surface area contributed by atoms with Crippen LogP contribution >= 0.6 is 11.6 Å². The Kier molecular flexibility index (Phi) is 3.08. The normalized spacial score (nSPS) is 16.8. The lowest BCUT2D eigenvalue weighted by Gasteiger charge is -2.47. The van der Waals surface area contributed by atoms with Crippen LogP contribution in [0.4, 0.5) is 0 Å². The quantitative estimate of drug-likeness (QED) is 0.309. The van der Waals surface area contributed by atoms with Crippen molar-refractivity contribution in [3.63, 3.8) is 0 Å². The molecule has 140 valence electrons. The number of hydrogen-bond acceptors (Lipinski definition) is 0. The monoisotopic (exact) mass is 400 g/mol. The van der Waals surface area contributed by atoms with Gasteiger partial charge in [-0.3, -0.25) is 0 Å². The molecule has 0 aliphatic heterocycles. The fraction of sp³-hybridized carbons (Fsp3) is 0.0345. The number of fused-ring (bicyclic) bond motifs is 9. The van der Waals surface area contributed by atoms with Crippen molar-refractivity contribution in [2.24, 2.45) is 0 Å².